The van der Waals surface area contributed by atoms with Crippen molar-refractivity contribution in [3.63, 3.8) is 0 Å². The van der Waals surface area contributed by atoms with E-state index in [9.17, 15) is 9.59 Å². The van der Waals surface area contributed by atoms with Crippen LogP contribution in [0.5, 0.6) is 0 Å². The molecule has 3 fully saturated rings. The zero-order valence-corrected chi connectivity index (χ0v) is 86.6. The number of esters is 3. The first kappa shape index (κ1) is 114. The molecule has 2 amide bonds. The highest BCUT2D eigenvalue weighted by molar-refractivity contribution is 5.85. The van der Waals surface area contributed by atoms with Crippen LogP contribution in [0.4, 0.5) is 4.79 Å². The number of ether oxygens (including phenoxy) is 18. The summed E-state index contributed by atoms with van der Waals surface area (Å²) < 4.78 is 126. The molecule has 3 aliphatic heterocycles. The number of carbonyl (C=O) groups is 5. The van der Waals surface area contributed by atoms with Gasteiger partial charge in [0.25, 0.3) is 5.91 Å². The lowest BCUT2D eigenvalue weighted by Gasteiger charge is -2.50. The van der Waals surface area contributed by atoms with Gasteiger partial charge in [-0.25, -0.2) is 9.59 Å². The molecule has 0 spiro atoms. The minimum absolute atomic E-state index is 0.0439. The third kappa shape index (κ3) is 40.4. The van der Waals surface area contributed by atoms with E-state index in [0.717, 1.165) is 90.3 Å². The lowest BCUT2D eigenvalue weighted by molar-refractivity contribution is -0.362. The largest absolute Gasteiger partial charge is 0.467 e. The highest BCUT2D eigenvalue weighted by Crippen LogP contribution is 2.39. The molecule has 3 heterocycles. The van der Waals surface area contributed by atoms with Crippen LogP contribution in [0, 0.1) is 5.41 Å². The van der Waals surface area contributed by atoms with E-state index in [4.69, 9.17) is 85.3 Å². The van der Waals surface area contributed by atoms with Crippen molar-refractivity contribution in [1.82, 2.24) is 10.6 Å². The van der Waals surface area contributed by atoms with Gasteiger partial charge >= 0.3 is 24.0 Å². The van der Waals surface area contributed by atoms with Crippen molar-refractivity contribution < 1.29 is 109 Å². The lowest BCUT2D eigenvalue weighted by Crippen LogP contribution is -2.70. The molecule has 0 radical (unpaired) electrons. The minimum Gasteiger partial charge on any atom is -0.467 e. The van der Waals surface area contributed by atoms with Gasteiger partial charge in [0.15, 0.2) is 37.2 Å². The lowest BCUT2D eigenvalue weighted by atomic mass is 9.94. The number of hydrogen-bond acceptors (Lipinski definition) is 23. The van der Waals surface area contributed by atoms with Gasteiger partial charge < -0.3 is 95.9 Å². The van der Waals surface area contributed by atoms with Gasteiger partial charge in [-0.15, -0.1) is 0 Å². The number of hydrogen-bond donors (Lipinski definition) is 2. The quantitative estimate of drug-likeness (QED) is 0.0155. The average molecular weight is 1990 g/mol. The Morgan fingerprint density at radius 1 is 0.389 bits per heavy atom. The van der Waals surface area contributed by atoms with Gasteiger partial charge in [-0.2, -0.15) is 0 Å². The van der Waals surface area contributed by atoms with Crippen molar-refractivity contribution in [2.24, 2.45) is 5.41 Å². The van der Waals surface area contributed by atoms with Crippen LogP contribution in [0.2, 0.25) is 0 Å². The Morgan fingerprint density at radius 3 is 1.19 bits per heavy atom. The summed E-state index contributed by atoms with van der Waals surface area (Å²) in [4.78, 5) is 75.1. The van der Waals surface area contributed by atoms with E-state index in [-0.39, 0.29) is 72.5 Å². The molecule has 2 N–H and O–H groups in total. The number of alkyl carbamates (subject to hydrolysis) is 1. The smallest absolute Gasteiger partial charge is 0.408 e. The Hall–Kier alpha value is -9.91. The number of benzene rings is 8. The molecule has 11 rings (SSSR count). The first-order chi connectivity index (χ1) is 70.1. The molecule has 0 aliphatic carbocycles. The molecule has 144 heavy (non-hydrogen) atoms. The maximum absolute atomic E-state index is 15.8. The summed E-state index contributed by atoms with van der Waals surface area (Å²) in [7, 11) is 1.22. The fourth-order valence-electron chi connectivity index (χ4n) is 17.9. The molecule has 25 heteroatoms. The van der Waals surface area contributed by atoms with Crippen molar-refractivity contribution in [3.8, 4) is 0 Å². The average Bonchev–Trinajstić information content (AvgIpc) is 0.760. The Labute approximate surface area is 855 Å². The van der Waals surface area contributed by atoms with E-state index in [1.54, 1.807) is 41.5 Å². The maximum atomic E-state index is 15.8. The number of allylic oxidation sites excluding steroid dienone is 1. The van der Waals surface area contributed by atoms with Gasteiger partial charge in [-0.05, 0) is 112 Å². The SMILES string of the molecule is CCCCCCCCCCCCC/C=C/[C@@H](OCc1ccccc1)[C@H](CO[C@H]1O[C@H](C(=O)OC)[C@@H](O[C@H]2O[C@H](CO[C@H]3O[C@H](COCc4ccccc4)[C@H](OCc4ccccc4)[C@H](OCc4ccccc4)[C@H]3OC(C)=O)[C@@H](OCc3ccccc3)[C@H](OCc3ccccc3)[C@H]2NC(=O)OC(C)(C)C)[C@H](OCc2ccccc2)[C@H]1OCc1ccccc1)NC(=O)[C@H](CCCCCCCCCCCC)OC(=O)C(C)(C)C. The predicted molar refractivity (Wildman–Crippen MR) is 553 cm³/mol. The van der Waals surface area contributed by atoms with E-state index in [0.29, 0.717) is 18.4 Å². The number of methoxy groups -OCH3 is 1. The number of nitrogens with one attached hydrogen (secondary N) is 2. The number of unbranched alkanes of at least 4 members (excludes halogenated alkanes) is 20. The van der Waals surface area contributed by atoms with Crippen LogP contribution in [-0.2, 0) is 157 Å². The molecule has 0 aromatic heterocycles. The fourth-order valence-corrected chi connectivity index (χ4v) is 17.9. The molecule has 784 valence electrons. The van der Waals surface area contributed by atoms with Crippen LogP contribution < -0.4 is 10.6 Å². The highest BCUT2D eigenvalue weighted by atomic mass is 16.8. The van der Waals surface area contributed by atoms with Gasteiger partial charge in [0, 0.05) is 6.92 Å². The van der Waals surface area contributed by atoms with Gasteiger partial charge in [0.05, 0.1) is 97.3 Å². The summed E-state index contributed by atoms with van der Waals surface area (Å²) in [5.74, 6) is -2.72. The number of amides is 2. The minimum atomic E-state index is -1.83. The third-order valence-electron chi connectivity index (χ3n) is 25.7. The molecule has 3 saturated heterocycles. The summed E-state index contributed by atoms with van der Waals surface area (Å²) in [6, 6.07) is 74.1. The van der Waals surface area contributed by atoms with Crippen molar-refractivity contribution in [2.45, 2.75) is 379 Å². The molecule has 8 aromatic carbocycles. The van der Waals surface area contributed by atoms with Crippen LogP contribution in [0.25, 0.3) is 0 Å². The van der Waals surface area contributed by atoms with E-state index >= 15 is 14.4 Å². The van der Waals surface area contributed by atoms with E-state index in [2.05, 4.69) is 30.6 Å². The van der Waals surface area contributed by atoms with Gasteiger partial charge in [0.1, 0.15) is 66.6 Å². The second-order valence-electron chi connectivity index (χ2n) is 39.9. The zero-order valence-electron chi connectivity index (χ0n) is 86.6. The number of carbonyl (C=O) groups excluding carboxylic acids is 5. The van der Waals surface area contributed by atoms with Crippen molar-refractivity contribution in [1.29, 1.82) is 0 Å². The van der Waals surface area contributed by atoms with Crippen LogP contribution in [-0.4, -0.2) is 173 Å². The second kappa shape index (κ2) is 63.6. The molecule has 0 unspecified atom stereocenters. The topological polar surface area (TPSA) is 276 Å². The summed E-state index contributed by atoms with van der Waals surface area (Å²) in [5.41, 5.74) is 4.34. The maximum Gasteiger partial charge on any atom is 0.408 e. The Kier molecular flexibility index (Phi) is 50.5. The monoisotopic (exact) mass is 1990 g/mol. The summed E-state index contributed by atoms with van der Waals surface area (Å²) >= 11 is 0. The normalized spacial score (nSPS) is 22.0. The molecule has 25 nitrogen and oxygen atoms in total. The van der Waals surface area contributed by atoms with Crippen molar-refractivity contribution in [2.75, 3.05) is 26.9 Å². The Morgan fingerprint density at radius 2 is 0.764 bits per heavy atom. The Bertz CT molecular complexity index is 4870. The summed E-state index contributed by atoms with van der Waals surface area (Å²) in [6.07, 6.45) is 5.97. The summed E-state index contributed by atoms with van der Waals surface area (Å²) in [5, 5.41) is 6.47. The van der Waals surface area contributed by atoms with Crippen molar-refractivity contribution in [3.05, 3.63) is 299 Å². The Balaban J connectivity index is 1.02. The van der Waals surface area contributed by atoms with E-state index in [1.165, 1.54) is 91.1 Å². The van der Waals surface area contributed by atoms with Gasteiger partial charge in [-0.1, -0.05) is 391 Å². The highest BCUT2D eigenvalue weighted by Gasteiger charge is 2.58. The van der Waals surface area contributed by atoms with E-state index < -0.39 is 158 Å². The van der Waals surface area contributed by atoms with Crippen molar-refractivity contribution >= 4 is 29.9 Å². The molecule has 0 bridgehead atoms. The van der Waals surface area contributed by atoms with E-state index in [1.807, 2.05) is 249 Å². The first-order valence-electron chi connectivity index (χ1n) is 52.6. The van der Waals surface area contributed by atoms with Crippen LogP contribution in [0.15, 0.2) is 255 Å². The van der Waals surface area contributed by atoms with Crippen LogP contribution in [0.3, 0.4) is 0 Å². The standard InChI is InChI=1S/C119H160N2O23/c1-11-13-15-17-19-21-23-24-25-27-28-30-56-74-97(129-77-89-60-42-33-43-61-89)96(120-111(123)98(141-116(125)118(4,5)6)75-57-31-29-26-22-20-18-16-14-12-2)84-136-114-109(135-83-95-72-54-39-55-73-95)106(134-82-94-70-52-38-53-71-94)107(108(143-114)112(124)127-10)142-113-101(121-117(126)144-119(7,8)9)104(132-80-92-66-48-36-49-67-92)102(130-78-90-62-44-34-45-63-90)100(139-113)86-137-115-110(138-87(3)122)105(133-81-93-68-50-37-51-69-93)103(131-79-91-64-46-35-47-65-91)99(140-115)85-128-76-88-58-40-32-41-59-88/h32-56,58-74,96-110,113-115H,11-31,57,75-86H2,1-10H3,(H,120,123)(H,121,126)/b74-56+/t96-,97+,98-,99+,100+,101+,102+,103-,104+,105-,106-,107-,108-,109+,110+,113+,114-,115-/m0/s1. The zero-order chi connectivity index (χ0) is 102. The first-order valence-corrected chi connectivity index (χ1v) is 52.6. The fraction of sp³-hybridized carbons (Fsp3) is 0.538. The van der Waals surface area contributed by atoms with Crippen LogP contribution >= 0.6 is 0 Å². The summed E-state index contributed by atoms with van der Waals surface area (Å²) in [6.45, 7) is 15.5. The predicted octanol–water partition coefficient (Wildman–Crippen LogP) is 22.9. The molecular formula is C119H160N2O23. The molecular weight excluding hydrogens is 1830 g/mol. The molecule has 3 aliphatic rings. The molecule has 18 atom stereocenters. The second-order valence-corrected chi connectivity index (χ2v) is 39.9. The molecule has 8 aromatic rings. The molecule has 0 saturated carbocycles. The van der Waals surface area contributed by atoms with Crippen LogP contribution in [0.1, 0.15) is 255 Å². The number of rotatable bonds is 64. The van der Waals surface area contributed by atoms with Gasteiger partial charge in [0.2, 0.25) is 0 Å². The third-order valence-corrected chi connectivity index (χ3v) is 25.7. The van der Waals surface area contributed by atoms with Gasteiger partial charge in [-0.3, -0.25) is 14.4 Å².